The van der Waals surface area contributed by atoms with Crippen LogP contribution in [0.5, 0.6) is 0 Å². The SMILES string of the molecule is Cn1cnnc1SCC1CCOC1. The number of aryl methyl sites for hydroxylation is 1. The molecule has 2 rings (SSSR count). The van der Waals surface area contributed by atoms with E-state index in [1.165, 1.54) is 6.42 Å². The Labute approximate surface area is 81.7 Å². The fraction of sp³-hybridized carbons (Fsp3) is 0.750. The van der Waals surface area contributed by atoms with E-state index in [-0.39, 0.29) is 0 Å². The molecule has 13 heavy (non-hydrogen) atoms. The lowest BCUT2D eigenvalue weighted by Crippen LogP contribution is -2.03. The van der Waals surface area contributed by atoms with Gasteiger partial charge in [-0.25, -0.2) is 0 Å². The maximum atomic E-state index is 5.30. The molecule has 0 aliphatic carbocycles. The van der Waals surface area contributed by atoms with Gasteiger partial charge >= 0.3 is 0 Å². The number of hydrogen-bond donors (Lipinski definition) is 0. The van der Waals surface area contributed by atoms with E-state index in [0.29, 0.717) is 5.92 Å². The van der Waals surface area contributed by atoms with E-state index >= 15 is 0 Å². The first-order chi connectivity index (χ1) is 6.36. The molecule has 0 aromatic carbocycles. The molecule has 72 valence electrons. The lowest BCUT2D eigenvalue weighted by molar-refractivity contribution is 0.189. The summed E-state index contributed by atoms with van der Waals surface area (Å²) >= 11 is 1.76. The third-order valence-corrected chi connectivity index (χ3v) is 3.41. The van der Waals surface area contributed by atoms with Gasteiger partial charge in [0.1, 0.15) is 6.33 Å². The Bertz CT molecular complexity index is 270. The van der Waals surface area contributed by atoms with Gasteiger partial charge in [0.25, 0.3) is 0 Å². The zero-order valence-electron chi connectivity index (χ0n) is 7.64. The van der Waals surface area contributed by atoms with Crippen molar-refractivity contribution in [3.63, 3.8) is 0 Å². The lowest BCUT2D eigenvalue weighted by Gasteiger charge is -2.05. The summed E-state index contributed by atoms with van der Waals surface area (Å²) in [6.45, 7) is 1.83. The minimum Gasteiger partial charge on any atom is -0.381 e. The van der Waals surface area contributed by atoms with Crippen LogP contribution in [0.3, 0.4) is 0 Å². The Morgan fingerprint density at radius 1 is 1.77 bits per heavy atom. The second-order valence-electron chi connectivity index (χ2n) is 3.27. The maximum absolute atomic E-state index is 5.30. The first kappa shape index (κ1) is 9.02. The molecule has 0 saturated carbocycles. The van der Waals surface area contributed by atoms with Gasteiger partial charge in [-0.3, -0.25) is 0 Å². The van der Waals surface area contributed by atoms with Crippen LogP contribution in [0.15, 0.2) is 11.5 Å². The molecule has 0 spiro atoms. The van der Waals surface area contributed by atoms with E-state index in [4.69, 9.17) is 4.74 Å². The highest BCUT2D eigenvalue weighted by molar-refractivity contribution is 7.99. The topological polar surface area (TPSA) is 39.9 Å². The molecule has 4 nitrogen and oxygen atoms in total. The van der Waals surface area contributed by atoms with Gasteiger partial charge in [0.15, 0.2) is 5.16 Å². The van der Waals surface area contributed by atoms with Crippen molar-refractivity contribution in [2.75, 3.05) is 19.0 Å². The largest absolute Gasteiger partial charge is 0.381 e. The minimum atomic E-state index is 0.696. The summed E-state index contributed by atoms with van der Waals surface area (Å²) in [6, 6.07) is 0. The smallest absolute Gasteiger partial charge is 0.190 e. The summed E-state index contributed by atoms with van der Waals surface area (Å²) in [4.78, 5) is 0. The van der Waals surface area contributed by atoms with Crippen molar-refractivity contribution in [3.05, 3.63) is 6.33 Å². The number of thioether (sulfide) groups is 1. The molecule has 1 aromatic heterocycles. The van der Waals surface area contributed by atoms with E-state index in [1.54, 1.807) is 18.1 Å². The minimum absolute atomic E-state index is 0.696. The molecule has 0 radical (unpaired) electrons. The summed E-state index contributed by atoms with van der Waals surface area (Å²) in [6.07, 6.45) is 2.92. The van der Waals surface area contributed by atoms with Crippen LogP contribution in [0.2, 0.25) is 0 Å². The molecule has 1 aliphatic rings. The second-order valence-corrected chi connectivity index (χ2v) is 4.25. The van der Waals surface area contributed by atoms with Crippen LogP contribution >= 0.6 is 11.8 Å². The quantitative estimate of drug-likeness (QED) is 0.679. The number of aromatic nitrogens is 3. The van der Waals surface area contributed by atoms with Crippen LogP contribution in [0, 0.1) is 5.92 Å². The highest BCUT2D eigenvalue weighted by Gasteiger charge is 2.16. The summed E-state index contributed by atoms with van der Waals surface area (Å²) in [5.41, 5.74) is 0. The average Bonchev–Trinajstić information content (AvgIpc) is 2.72. The molecule has 1 atom stereocenters. The first-order valence-electron chi connectivity index (χ1n) is 4.41. The van der Waals surface area contributed by atoms with Crippen molar-refractivity contribution in [1.29, 1.82) is 0 Å². The average molecular weight is 199 g/mol. The number of rotatable bonds is 3. The van der Waals surface area contributed by atoms with E-state index in [9.17, 15) is 0 Å². The van der Waals surface area contributed by atoms with Crippen LogP contribution < -0.4 is 0 Å². The van der Waals surface area contributed by atoms with Crippen molar-refractivity contribution in [1.82, 2.24) is 14.8 Å². The number of hydrogen-bond acceptors (Lipinski definition) is 4. The van der Waals surface area contributed by atoms with Crippen molar-refractivity contribution in [2.45, 2.75) is 11.6 Å². The van der Waals surface area contributed by atoms with Crippen LogP contribution in [0.4, 0.5) is 0 Å². The van der Waals surface area contributed by atoms with Crippen molar-refractivity contribution in [2.24, 2.45) is 13.0 Å². The second kappa shape index (κ2) is 4.11. The third-order valence-electron chi connectivity index (χ3n) is 2.14. The van der Waals surface area contributed by atoms with E-state index in [1.807, 2.05) is 11.6 Å². The predicted molar refractivity (Wildman–Crippen MR) is 50.7 cm³/mol. The number of nitrogens with zero attached hydrogens (tertiary/aromatic N) is 3. The monoisotopic (exact) mass is 199 g/mol. The summed E-state index contributed by atoms with van der Waals surface area (Å²) < 4.78 is 7.25. The van der Waals surface area contributed by atoms with E-state index in [0.717, 1.165) is 24.1 Å². The Morgan fingerprint density at radius 2 is 2.69 bits per heavy atom. The fourth-order valence-corrected chi connectivity index (χ4v) is 2.31. The molecule has 2 heterocycles. The van der Waals surface area contributed by atoms with Crippen LogP contribution in [0.1, 0.15) is 6.42 Å². The highest BCUT2D eigenvalue weighted by Crippen LogP contribution is 2.22. The molecule has 1 fully saturated rings. The summed E-state index contributed by atoms with van der Waals surface area (Å²) in [7, 11) is 1.97. The van der Waals surface area contributed by atoms with Gasteiger partial charge in [0, 0.05) is 19.4 Å². The normalized spacial score (nSPS) is 22.4. The van der Waals surface area contributed by atoms with Gasteiger partial charge in [0.05, 0.1) is 6.61 Å². The lowest BCUT2D eigenvalue weighted by atomic mass is 10.2. The zero-order valence-corrected chi connectivity index (χ0v) is 8.46. The molecule has 0 bridgehead atoms. The van der Waals surface area contributed by atoms with Gasteiger partial charge in [-0.2, -0.15) is 0 Å². The summed E-state index contributed by atoms with van der Waals surface area (Å²) in [5.74, 6) is 1.79. The molecule has 0 amide bonds. The molecular weight excluding hydrogens is 186 g/mol. The van der Waals surface area contributed by atoms with E-state index < -0.39 is 0 Å². The molecule has 0 N–H and O–H groups in total. The first-order valence-corrected chi connectivity index (χ1v) is 5.39. The highest BCUT2D eigenvalue weighted by atomic mass is 32.2. The van der Waals surface area contributed by atoms with Crippen LogP contribution in [0.25, 0.3) is 0 Å². The zero-order chi connectivity index (χ0) is 9.10. The molecule has 1 unspecified atom stereocenters. The Hall–Kier alpha value is -0.550. The maximum Gasteiger partial charge on any atom is 0.190 e. The third kappa shape index (κ3) is 2.22. The summed E-state index contributed by atoms with van der Waals surface area (Å²) in [5, 5.41) is 8.83. The van der Waals surface area contributed by atoms with Crippen LogP contribution in [-0.2, 0) is 11.8 Å². The molecule has 1 aliphatic heterocycles. The van der Waals surface area contributed by atoms with Gasteiger partial charge < -0.3 is 9.30 Å². The van der Waals surface area contributed by atoms with E-state index in [2.05, 4.69) is 10.2 Å². The molecule has 1 saturated heterocycles. The van der Waals surface area contributed by atoms with Crippen LogP contribution in [-0.4, -0.2) is 33.7 Å². The van der Waals surface area contributed by atoms with Gasteiger partial charge in [0.2, 0.25) is 0 Å². The Balaban J connectivity index is 1.82. The Morgan fingerprint density at radius 3 is 3.31 bits per heavy atom. The number of ether oxygens (including phenoxy) is 1. The molecule has 1 aromatic rings. The standard InChI is InChI=1S/C8H13N3OS/c1-11-6-9-10-8(11)13-5-7-2-3-12-4-7/h6-7H,2-5H2,1H3. The fourth-order valence-electron chi connectivity index (χ4n) is 1.31. The van der Waals surface area contributed by atoms with Gasteiger partial charge in [-0.05, 0) is 12.3 Å². The Kier molecular flexibility index (Phi) is 2.85. The predicted octanol–water partition coefficient (Wildman–Crippen LogP) is 0.944. The van der Waals surface area contributed by atoms with Crippen molar-refractivity contribution < 1.29 is 4.74 Å². The van der Waals surface area contributed by atoms with Crippen molar-refractivity contribution >= 4 is 11.8 Å². The van der Waals surface area contributed by atoms with Gasteiger partial charge in [-0.15, -0.1) is 10.2 Å². The molecular formula is C8H13N3OS. The molecule has 5 heteroatoms. The van der Waals surface area contributed by atoms with Crippen molar-refractivity contribution in [3.8, 4) is 0 Å². The van der Waals surface area contributed by atoms with Gasteiger partial charge in [-0.1, -0.05) is 11.8 Å².